The molecule has 4 heteroatoms. The summed E-state index contributed by atoms with van der Waals surface area (Å²) in [4.78, 5) is 21.9. The van der Waals surface area contributed by atoms with E-state index in [9.17, 15) is 9.59 Å². The lowest BCUT2D eigenvalue weighted by molar-refractivity contribution is -0.151. The molecule has 0 atom stereocenters. The molecule has 0 N–H and O–H groups in total. The third-order valence-corrected chi connectivity index (χ3v) is 1.42. The zero-order valence-electron chi connectivity index (χ0n) is 7.73. The van der Waals surface area contributed by atoms with Crippen LogP contribution in [0.1, 0.15) is 12.7 Å². The molecule has 1 aromatic heterocycles. The van der Waals surface area contributed by atoms with Crippen LogP contribution in [0.25, 0.3) is 6.08 Å². The van der Waals surface area contributed by atoms with E-state index >= 15 is 0 Å². The summed E-state index contributed by atoms with van der Waals surface area (Å²) in [6.07, 6.45) is 4.02. The average molecular weight is 194 g/mol. The van der Waals surface area contributed by atoms with E-state index in [0.29, 0.717) is 5.76 Å². The second-order valence-corrected chi connectivity index (χ2v) is 2.43. The van der Waals surface area contributed by atoms with Crippen molar-refractivity contribution in [1.29, 1.82) is 0 Å². The van der Waals surface area contributed by atoms with E-state index in [1.807, 2.05) is 0 Å². The first-order valence-corrected chi connectivity index (χ1v) is 4.16. The lowest BCUT2D eigenvalue weighted by Crippen LogP contribution is -2.14. The molecule has 0 bridgehead atoms. The Labute approximate surface area is 81.2 Å². The first kappa shape index (κ1) is 10.2. The van der Waals surface area contributed by atoms with Gasteiger partial charge in [0.15, 0.2) is 0 Å². The van der Waals surface area contributed by atoms with Crippen molar-refractivity contribution in [3.63, 3.8) is 0 Å². The number of hydrogen-bond acceptors (Lipinski definition) is 4. The van der Waals surface area contributed by atoms with Crippen molar-refractivity contribution < 1.29 is 18.7 Å². The lowest BCUT2D eigenvalue weighted by atomic mass is 10.3. The molecule has 1 heterocycles. The number of hydrogen-bond donors (Lipinski definition) is 0. The number of esters is 1. The standard InChI is InChI=1S/C10H10O4/c1-2-13-10(12)9(11)6-5-8-4-3-7-14-8/h3-7H,2H2,1H3. The molecule has 0 amide bonds. The van der Waals surface area contributed by atoms with Gasteiger partial charge >= 0.3 is 5.97 Å². The molecular formula is C10H10O4. The highest BCUT2D eigenvalue weighted by Crippen LogP contribution is 2.02. The van der Waals surface area contributed by atoms with E-state index in [2.05, 4.69) is 4.74 Å². The van der Waals surface area contributed by atoms with E-state index in [-0.39, 0.29) is 6.61 Å². The Morgan fingerprint density at radius 1 is 1.57 bits per heavy atom. The van der Waals surface area contributed by atoms with E-state index in [1.165, 1.54) is 12.3 Å². The van der Waals surface area contributed by atoms with Gasteiger partial charge in [-0.3, -0.25) is 4.79 Å². The van der Waals surface area contributed by atoms with Gasteiger partial charge < -0.3 is 9.15 Å². The molecule has 74 valence electrons. The maximum absolute atomic E-state index is 11.0. The van der Waals surface area contributed by atoms with Gasteiger partial charge in [-0.15, -0.1) is 0 Å². The Morgan fingerprint density at radius 2 is 2.36 bits per heavy atom. The first-order valence-electron chi connectivity index (χ1n) is 4.16. The zero-order valence-corrected chi connectivity index (χ0v) is 7.73. The number of rotatable bonds is 4. The van der Waals surface area contributed by atoms with Gasteiger partial charge in [0.25, 0.3) is 5.78 Å². The highest BCUT2D eigenvalue weighted by Gasteiger charge is 2.10. The Balaban J connectivity index is 2.52. The summed E-state index contributed by atoms with van der Waals surface area (Å²) >= 11 is 0. The van der Waals surface area contributed by atoms with Crippen LogP contribution in [-0.2, 0) is 14.3 Å². The molecule has 0 saturated heterocycles. The van der Waals surface area contributed by atoms with Gasteiger partial charge in [0.05, 0.1) is 12.9 Å². The summed E-state index contributed by atoms with van der Waals surface area (Å²) in [6, 6.07) is 3.36. The highest BCUT2D eigenvalue weighted by atomic mass is 16.5. The maximum Gasteiger partial charge on any atom is 0.379 e. The summed E-state index contributed by atoms with van der Waals surface area (Å²) in [7, 11) is 0. The molecule has 14 heavy (non-hydrogen) atoms. The maximum atomic E-state index is 11.0. The van der Waals surface area contributed by atoms with Crippen LogP contribution >= 0.6 is 0 Å². The van der Waals surface area contributed by atoms with Crippen molar-refractivity contribution >= 4 is 17.8 Å². The molecule has 0 aliphatic carbocycles. The summed E-state index contributed by atoms with van der Waals surface area (Å²) in [6.45, 7) is 1.83. The molecule has 1 aromatic rings. The topological polar surface area (TPSA) is 56.5 Å². The quantitative estimate of drug-likeness (QED) is 0.413. The monoisotopic (exact) mass is 194 g/mol. The average Bonchev–Trinajstić information content (AvgIpc) is 2.67. The van der Waals surface area contributed by atoms with Crippen molar-refractivity contribution in [2.75, 3.05) is 6.61 Å². The van der Waals surface area contributed by atoms with Crippen LogP contribution in [0, 0.1) is 0 Å². The number of ether oxygens (including phenoxy) is 1. The Kier molecular flexibility index (Phi) is 3.67. The van der Waals surface area contributed by atoms with Gasteiger partial charge in [0, 0.05) is 0 Å². The van der Waals surface area contributed by atoms with Gasteiger partial charge in [0.2, 0.25) is 0 Å². The van der Waals surface area contributed by atoms with Crippen LogP contribution in [0.3, 0.4) is 0 Å². The predicted octanol–water partition coefficient (Wildman–Crippen LogP) is 1.43. The zero-order chi connectivity index (χ0) is 10.4. The molecule has 0 spiro atoms. The molecule has 1 rings (SSSR count). The minimum atomic E-state index is -0.852. The Morgan fingerprint density at radius 3 is 2.93 bits per heavy atom. The number of furan rings is 1. The van der Waals surface area contributed by atoms with Gasteiger partial charge in [0.1, 0.15) is 5.76 Å². The van der Waals surface area contributed by atoms with Crippen molar-refractivity contribution in [1.82, 2.24) is 0 Å². The van der Waals surface area contributed by atoms with Crippen LogP contribution < -0.4 is 0 Å². The fourth-order valence-electron chi connectivity index (χ4n) is 0.814. The number of carbonyl (C=O) groups excluding carboxylic acids is 2. The molecular weight excluding hydrogens is 184 g/mol. The van der Waals surface area contributed by atoms with Gasteiger partial charge in [-0.05, 0) is 31.2 Å². The minimum absolute atomic E-state index is 0.194. The second kappa shape index (κ2) is 5.01. The molecule has 0 aromatic carbocycles. The Bertz CT molecular complexity index is 335. The molecule has 0 fully saturated rings. The van der Waals surface area contributed by atoms with Crippen LogP contribution in [0.4, 0.5) is 0 Å². The van der Waals surface area contributed by atoms with Gasteiger partial charge in [-0.25, -0.2) is 4.79 Å². The molecule has 0 aliphatic rings. The highest BCUT2D eigenvalue weighted by molar-refractivity contribution is 6.39. The fourth-order valence-corrected chi connectivity index (χ4v) is 0.814. The predicted molar refractivity (Wildman–Crippen MR) is 49.4 cm³/mol. The second-order valence-electron chi connectivity index (χ2n) is 2.43. The normalized spacial score (nSPS) is 10.4. The third-order valence-electron chi connectivity index (χ3n) is 1.42. The van der Waals surface area contributed by atoms with Crippen molar-refractivity contribution in [2.24, 2.45) is 0 Å². The van der Waals surface area contributed by atoms with Crippen LogP contribution in [0.5, 0.6) is 0 Å². The molecule has 0 saturated carbocycles. The molecule has 0 radical (unpaired) electrons. The molecule has 0 aliphatic heterocycles. The molecule has 0 unspecified atom stereocenters. The largest absolute Gasteiger partial charge is 0.465 e. The Hall–Kier alpha value is -1.84. The molecule has 4 nitrogen and oxygen atoms in total. The smallest absolute Gasteiger partial charge is 0.379 e. The van der Waals surface area contributed by atoms with Crippen molar-refractivity contribution in [3.05, 3.63) is 30.2 Å². The number of carbonyl (C=O) groups is 2. The van der Waals surface area contributed by atoms with E-state index in [0.717, 1.165) is 6.08 Å². The summed E-state index contributed by atoms with van der Waals surface area (Å²) in [5, 5.41) is 0. The van der Waals surface area contributed by atoms with Crippen LogP contribution in [0.15, 0.2) is 28.9 Å². The summed E-state index contributed by atoms with van der Waals surface area (Å²) < 4.78 is 9.44. The summed E-state index contributed by atoms with van der Waals surface area (Å²) in [5.74, 6) is -1.03. The number of ketones is 1. The van der Waals surface area contributed by atoms with Crippen molar-refractivity contribution in [3.8, 4) is 0 Å². The van der Waals surface area contributed by atoms with Gasteiger partial charge in [-0.1, -0.05) is 0 Å². The van der Waals surface area contributed by atoms with Crippen LogP contribution in [0.2, 0.25) is 0 Å². The van der Waals surface area contributed by atoms with E-state index in [4.69, 9.17) is 4.42 Å². The van der Waals surface area contributed by atoms with E-state index in [1.54, 1.807) is 19.1 Å². The summed E-state index contributed by atoms with van der Waals surface area (Å²) in [5.41, 5.74) is 0. The third kappa shape index (κ3) is 2.90. The SMILES string of the molecule is CCOC(=O)C(=O)C=Cc1ccco1. The minimum Gasteiger partial charge on any atom is -0.465 e. The van der Waals surface area contributed by atoms with Crippen LogP contribution in [-0.4, -0.2) is 18.4 Å². The van der Waals surface area contributed by atoms with Crippen molar-refractivity contribution in [2.45, 2.75) is 6.92 Å². The van der Waals surface area contributed by atoms with Gasteiger partial charge in [-0.2, -0.15) is 0 Å². The lowest BCUT2D eigenvalue weighted by Gasteiger charge is -1.94. The van der Waals surface area contributed by atoms with E-state index < -0.39 is 11.8 Å². The fraction of sp³-hybridized carbons (Fsp3) is 0.200. The first-order chi connectivity index (χ1) is 6.74.